The highest BCUT2D eigenvalue weighted by Crippen LogP contribution is 2.14. The third-order valence-electron chi connectivity index (χ3n) is 3.02. The van der Waals surface area contributed by atoms with Crippen LogP contribution in [0.25, 0.3) is 17.0 Å². The molecule has 0 aliphatic carbocycles. The van der Waals surface area contributed by atoms with E-state index in [1.54, 1.807) is 51.1 Å². The highest BCUT2D eigenvalue weighted by molar-refractivity contribution is 5.85. The second kappa shape index (κ2) is 7.12. The maximum atomic E-state index is 12.1. The maximum Gasteiger partial charge on any atom is 0.407 e. The summed E-state index contributed by atoms with van der Waals surface area (Å²) in [5.41, 5.74) is 0.235. The molecule has 1 N–H and O–H groups in total. The van der Waals surface area contributed by atoms with Crippen molar-refractivity contribution < 1.29 is 18.7 Å². The van der Waals surface area contributed by atoms with Crippen molar-refractivity contribution in [3.8, 4) is 0 Å². The Kier molecular flexibility index (Phi) is 5.18. The number of fused-ring (bicyclic) bond motifs is 1. The minimum Gasteiger partial charge on any atom is -0.463 e. The molecule has 0 aliphatic rings. The van der Waals surface area contributed by atoms with Gasteiger partial charge in [-0.1, -0.05) is 18.2 Å². The van der Waals surface area contributed by atoms with E-state index < -0.39 is 11.7 Å². The summed E-state index contributed by atoms with van der Waals surface area (Å²) in [6.07, 6.45) is 4.61. The zero-order valence-corrected chi connectivity index (χ0v) is 13.8. The summed E-state index contributed by atoms with van der Waals surface area (Å²) in [4.78, 5) is 34.4. The summed E-state index contributed by atoms with van der Waals surface area (Å²) in [7, 11) is 0. The van der Waals surface area contributed by atoms with Crippen molar-refractivity contribution in [1.82, 2.24) is 5.32 Å². The Morgan fingerprint density at radius 3 is 2.75 bits per heavy atom. The van der Waals surface area contributed by atoms with Crippen LogP contribution in [-0.4, -0.2) is 24.5 Å². The van der Waals surface area contributed by atoms with Gasteiger partial charge >= 0.3 is 6.09 Å². The number of hydrogen-bond donors (Lipinski definition) is 1. The molecule has 2 aromatic rings. The van der Waals surface area contributed by atoms with Gasteiger partial charge in [-0.05, 0) is 38.5 Å². The standard InChI is InChI=1S/C18H19NO5/c1-18(2,3)24-17(22)19-8-4-5-12-6-7-15-14(9-12)16(21)13(10-20)11-23-15/h4-7,9-11H,8H2,1-3H3,(H,19,22). The predicted molar refractivity (Wildman–Crippen MR) is 91.1 cm³/mol. The number of rotatable bonds is 4. The van der Waals surface area contributed by atoms with Gasteiger partial charge in [-0.25, -0.2) is 4.79 Å². The first-order valence-electron chi connectivity index (χ1n) is 7.44. The Hall–Kier alpha value is -2.89. The van der Waals surface area contributed by atoms with Crippen LogP contribution in [0.2, 0.25) is 0 Å². The number of ether oxygens (including phenoxy) is 1. The van der Waals surface area contributed by atoms with Gasteiger partial charge < -0.3 is 14.5 Å². The summed E-state index contributed by atoms with van der Waals surface area (Å²) >= 11 is 0. The highest BCUT2D eigenvalue weighted by atomic mass is 16.6. The van der Waals surface area contributed by atoms with Gasteiger partial charge in [-0.3, -0.25) is 9.59 Å². The molecule has 0 saturated carbocycles. The molecule has 0 spiro atoms. The largest absolute Gasteiger partial charge is 0.463 e. The predicted octanol–water partition coefficient (Wildman–Crippen LogP) is 3.14. The van der Waals surface area contributed by atoms with E-state index in [4.69, 9.17) is 9.15 Å². The fourth-order valence-corrected chi connectivity index (χ4v) is 2.00. The minimum atomic E-state index is -0.545. The van der Waals surface area contributed by atoms with Gasteiger partial charge in [0.2, 0.25) is 5.43 Å². The van der Waals surface area contributed by atoms with Crippen LogP contribution in [-0.2, 0) is 4.74 Å². The lowest BCUT2D eigenvalue weighted by molar-refractivity contribution is 0.0534. The SMILES string of the molecule is CC(C)(C)OC(=O)NCC=Cc1ccc2occ(C=O)c(=O)c2c1. The number of carbonyl (C=O) groups excluding carboxylic acids is 2. The van der Waals surface area contributed by atoms with E-state index in [-0.39, 0.29) is 17.5 Å². The van der Waals surface area contributed by atoms with Crippen molar-refractivity contribution in [3.63, 3.8) is 0 Å². The van der Waals surface area contributed by atoms with Crippen molar-refractivity contribution in [1.29, 1.82) is 0 Å². The fourth-order valence-electron chi connectivity index (χ4n) is 2.00. The van der Waals surface area contributed by atoms with E-state index >= 15 is 0 Å². The first-order chi connectivity index (χ1) is 11.3. The minimum absolute atomic E-state index is 0.0183. The normalized spacial score (nSPS) is 11.6. The molecule has 24 heavy (non-hydrogen) atoms. The third kappa shape index (κ3) is 4.55. The van der Waals surface area contributed by atoms with Gasteiger partial charge in [0, 0.05) is 6.54 Å². The summed E-state index contributed by atoms with van der Waals surface area (Å²) in [6.45, 7) is 5.65. The zero-order chi connectivity index (χ0) is 17.7. The Morgan fingerprint density at radius 1 is 1.33 bits per heavy atom. The van der Waals surface area contributed by atoms with Crippen molar-refractivity contribution in [2.24, 2.45) is 0 Å². The van der Waals surface area contributed by atoms with E-state index in [0.29, 0.717) is 17.3 Å². The van der Waals surface area contributed by atoms with Crippen LogP contribution < -0.4 is 10.7 Å². The molecule has 1 heterocycles. The molecule has 0 saturated heterocycles. The van der Waals surface area contributed by atoms with Crippen LogP contribution in [0.15, 0.2) is 39.7 Å². The number of benzene rings is 1. The van der Waals surface area contributed by atoms with E-state index in [9.17, 15) is 14.4 Å². The maximum absolute atomic E-state index is 12.1. The van der Waals surface area contributed by atoms with Crippen LogP contribution in [0.4, 0.5) is 4.79 Å². The first kappa shape index (κ1) is 17.5. The van der Waals surface area contributed by atoms with Crippen LogP contribution >= 0.6 is 0 Å². The summed E-state index contributed by atoms with van der Waals surface area (Å²) in [5, 5.41) is 2.94. The molecule has 126 valence electrons. The third-order valence-corrected chi connectivity index (χ3v) is 3.02. The number of hydrogen-bond acceptors (Lipinski definition) is 5. The Morgan fingerprint density at radius 2 is 2.08 bits per heavy atom. The average molecular weight is 329 g/mol. The van der Waals surface area contributed by atoms with Crippen molar-refractivity contribution in [2.45, 2.75) is 26.4 Å². The van der Waals surface area contributed by atoms with Crippen molar-refractivity contribution in [2.75, 3.05) is 6.54 Å². The second-order valence-corrected chi connectivity index (χ2v) is 6.18. The molecular formula is C18H19NO5. The highest BCUT2D eigenvalue weighted by Gasteiger charge is 2.15. The van der Waals surface area contributed by atoms with Gasteiger partial charge in [0.1, 0.15) is 17.4 Å². The number of amides is 1. The van der Waals surface area contributed by atoms with E-state index in [0.717, 1.165) is 11.8 Å². The molecule has 6 heteroatoms. The zero-order valence-electron chi connectivity index (χ0n) is 13.8. The molecule has 6 nitrogen and oxygen atoms in total. The lowest BCUT2D eigenvalue weighted by atomic mass is 10.1. The topological polar surface area (TPSA) is 85.6 Å². The quantitative estimate of drug-likeness (QED) is 0.871. The van der Waals surface area contributed by atoms with Crippen LogP contribution in [0.3, 0.4) is 0 Å². The molecule has 0 bridgehead atoms. The molecule has 1 aromatic carbocycles. The number of nitrogens with one attached hydrogen (secondary N) is 1. The van der Waals surface area contributed by atoms with Crippen molar-refractivity contribution in [3.05, 3.63) is 51.9 Å². The molecule has 0 atom stereocenters. The molecule has 1 amide bonds. The van der Waals surface area contributed by atoms with Crippen LogP contribution in [0.1, 0.15) is 36.7 Å². The summed E-state index contributed by atoms with van der Waals surface area (Å²) in [5.74, 6) is 0. The number of carbonyl (C=O) groups is 2. The van der Waals surface area contributed by atoms with Gasteiger partial charge in [0.25, 0.3) is 0 Å². The summed E-state index contributed by atoms with van der Waals surface area (Å²) in [6, 6.07) is 5.07. The number of aldehydes is 1. The van der Waals surface area contributed by atoms with Gasteiger partial charge in [0.05, 0.1) is 10.9 Å². The molecule has 0 unspecified atom stereocenters. The van der Waals surface area contributed by atoms with Crippen LogP contribution in [0.5, 0.6) is 0 Å². The summed E-state index contributed by atoms with van der Waals surface area (Å²) < 4.78 is 10.4. The Balaban J connectivity index is 2.07. The smallest absolute Gasteiger partial charge is 0.407 e. The molecule has 0 radical (unpaired) electrons. The van der Waals surface area contributed by atoms with Crippen molar-refractivity contribution >= 4 is 29.4 Å². The Bertz CT molecular complexity index is 843. The van der Waals surface area contributed by atoms with Gasteiger partial charge in [-0.15, -0.1) is 0 Å². The van der Waals surface area contributed by atoms with Gasteiger partial charge in [0.15, 0.2) is 6.29 Å². The molecule has 2 rings (SSSR count). The molecule has 0 aliphatic heterocycles. The Labute approximate surface area is 139 Å². The lowest BCUT2D eigenvalue weighted by Crippen LogP contribution is -2.32. The lowest BCUT2D eigenvalue weighted by Gasteiger charge is -2.19. The second-order valence-electron chi connectivity index (χ2n) is 6.18. The molecule has 0 fully saturated rings. The van der Waals surface area contributed by atoms with E-state index in [1.165, 1.54) is 0 Å². The van der Waals surface area contributed by atoms with Crippen LogP contribution in [0, 0.1) is 0 Å². The first-order valence-corrected chi connectivity index (χ1v) is 7.44. The average Bonchev–Trinajstić information content (AvgIpc) is 2.50. The van der Waals surface area contributed by atoms with E-state index in [2.05, 4.69) is 5.32 Å². The van der Waals surface area contributed by atoms with Gasteiger partial charge in [-0.2, -0.15) is 0 Å². The molecular weight excluding hydrogens is 310 g/mol. The monoisotopic (exact) mass is 329 g/mol. The molecule has 1 aromatic heterocycles. The fraction of sp³-hybridized carbons (Fsp3) is 0.278. The number of alkyl carbamates (subject to hydrolysis) is 1. The van der Waals surface area contributed by atoms with E-state index in [1.807, 2.05) is 0 Å².